The fraction of sp³-hybridized carbons (Fsp3) is 0.754. The van der Waals surface area contributed by atoms with Gasteiger partial charge in [0.2, 0.25) is 0 Å². The van der Waals surface area contributed by atoms with E-state index in [-0.39, 0.29) is 31.1 Å². The molecular weight excluding hydrogens is 829 g/mol. The molecule has 6 nitrogen and oxygen atoms in total. The zero-order valence-corrected chi connectivity index (χ0v) is 44.2. The van der Waals surface area contributed by atoms with E-state index < -0.39 is 6.10 Å². The Morgan fingerprint density at radius 1 is 0.328 bits per heavy atom. The van der Waals surface area contributed by atoms with E-state index in [1.165, 1.54) is 148 Å². The van der Waals surface area contributed by atoms with E-state index in [1.807, 2.05) is 0 Å². The Bertz CT molecular complexity index is 1260. The molecular formula is C61H106O6. The summed E-state index contributed by atoms with van der Waals surface area (Å²) >= 11 is 0. The van der Waals surface area contributed by atoms with Crippen molar-refractivity contribution in [2.24, 2.45) is 0 Å². The molecule has 0 aromatic rings. The molecule has 0 radical (unpaired) electrons. The fourth-order valence-corrected chi connectivity index (χ4v) is 8.05. The topological polar surface area (TPSA) is 78.9 Å². The lowest BCUT2D eigenvalue weighted by Crippen LogP contribution is -2.30. The summed E-state index contributed by atoms with van der Waals surface area (Å²) in [5.74, 6) is -0.888. The van der Waals surface area contributed by atoms with Gasteiger partial charge in [0.15, 0.2) is 6.10 Å². The summed E-state index contributed by atoms with van der Waals surface area (Å²) in [6.07, 6.45) is 70.3. The molecule has 0 saturated carbocycles. The number of esters is 3. The highest BCUT2D eigenvalue weighted by Crippen LogP contribution is 2.16. The van der Waals surface area contributed by atoms with Gasteiger partial charge in [-0.3, -0.25) is 14.4 Å². The minimum absolute atomic E-state index is 0.0797. The highest BCUT2D eigenvalue weighted by atomic mass is 16.6. The van der Waals surface area contributed by atoms with Gasteiger partial charge in [0.05, 0.1) is 0 Å². The first-order valence-corrected chi connectivity index (χ1v) is 28.5. The predicted octanol–water partition coefficient (Wildman–Crippen LogP) is 19.0. The zero-order chi connectivity index (χ0) is 48.6. The van der Waals surface area contributed by atoms with Crippen molar-refractivity contribution in [3.8, 4) is 0 Å². The summed E-state index contributed by atoms with van der Waals surface area (Å²) in [6.45, 7) is 6.41. The van der Waals surface area contributed by atoms with Gasteiger partial charge in [-0.15, -0.1) is 0 Å². The molecule has 0 rings (SSSR count). The van der Waals surface area contributed by atoms with Crippen LogP contribution in [0.15, 0.2) is 72.9 Å². The molecule has 0 aliphatic heterocycles. The van der Waals surface area contributed by atoms with Crippen molar-refractivity contribution in [1.82, 2.24) is 0 Å². The maximum Gasteiger partial charge on any atom is 0.306 e. The van der Waals surface area contributed by atoms with Crippen LogP contribution in [0.2, 0.25) is 0 Å². The fourth-order valence-electron chi connectivity index (χ4n) is 8.05. The molecule has 0 aromatic heterocycles. The van der Waals surface area contributed by atoms with Crippen LogP contribution in [0.5, 0.6) is 0 Å². The van der Waals surface area contributed by atoms with Crippen LogP contribution in [0, 0.1) is 0 Å². The summed E-state index contributed by atoms with van der Waals surface area (Å²) in [5.41, 5.74) is 0. The van der Waals surface area contributed by atoms with Gasteiger partial charge in [0, 0.05) is 19.3 Å². The highest BCUT2D eigenvalue weighted by molar-refractivity contribution is 5.71. The highest BCUT2D eigenvalue weighted by Gasteiger charge is 2.19. The van der Waals surface area contributed by atoms with E-state index in [0.717, 1.165) is 89.9 Å². The largest absolute Gasteiger partial charge is 0.462 e. The molecule has 6 heteroatoms. The molecule has 0 spiro atoms. The Morgan fingerprint density at radius 3 is 1.07 bits per heavy atom. The smallest absolute Gasteiger partial charge is 0.306 e. The van der Waals surface area contributed by atoms with Gasteiger partial charge >= 0.3 is 17.9 Å². The molecule has 0 heterocycles. The molecule has 386 valence electrons. The van der Waals surface area contributed by atoms with Crippen LogP contribution >= 0.6 is 0 Å². The van der Waals surface area contributed by atoms with Gasteiger partial charge in [-0.1, -0.05) is 261 Å². The van der Waals surface area contributed by atoms with E-state index in [1.54, 1.807) is 0 Å². The quantitative estimate of drug-likeness (QED) is 0.0199. The molecule has 1 atom stereocenters. The van der Waals surface area contributed by atoms with Crippen LogP contribution in [0.25, 0.3) is 0 Å². The molecule has 0 saturated heterocycles. The second kappa shape index (κ2) is 55.4. The van der Waals surface area contributed by atoms with Crippen molar-refractivity contribution in [3.63, 3.8) is 0 Å². The number of unbranched alkanes of at least 4 members (excludes halogenated alkanes) is 30. The molecule has 1 unspecified atom stereocenters. The van der Waals surface area contributed by atoms with Crippen LogP contribution in [-0.2, 0) is 28.6 Å². The Kier molecular flexibility index (Phi) is 52.8. The molecule has 0 bridgehead atoms. The molecule has 0 N–H and O–H groups in total. The number of hydrogen-bond donors (Lipinski definition) is 0. The standard InChI is InChI=1S/C61H106O6/c1-4-7-10-13-16-19-22-25-28-29-30-31-34-36-39-42-45-48-51-54-60(63)66-57-58(67-61(64)55-52-49-46-43-40-37-33-27-24-21-18-15-12-9-6-3)56-65-59(62)53-50-47-44-41-38-35-32-26-23-20-17-14-11-8-5-2/h7,9-10,12,15-16,18-19,21,24-25,28,58H,4-6,8,11,13-14,17,20,22-23,26-27,29-57H2,1-3H3/b10-7-,12-9-,18-15-,19-16-,24-21-,28-25-. The third-order valence-corrected chi connectivity index (χ3v) is 12.3. The van der Waals surface area contributed by atoms with Gasteiger partial charge in [0.25, 0.3) is 0 Å². The minimum Gasteiger partial charge on any atom is -0.462 e. The van der Waals surface area contributed by atoms with Crippen molar-refractivity contribution in [2.75, 3.05) is 13.2 Å². The Labute approximate surface area is 414 Å². The van der Waals surface area contributed by atoms with Gasteiger partial charge in [-0.05, 0) is 70.6 Å². The monoisotopic (exact) mass is 935 g/mol. The SMILES string of the molecule is CC\C=C/C=C\C=C/CCCCCCCCCC(=O)OC(COC(=O)CCCCCCCCCCC/C=C\C/C=C\C/C=C\CC)COC(=O)CCCCCCCCCCCCCCCCC. The summed E-state index contributed by atoms with van der Waals surface area (Å²) in [7, 11) is 0. The first kappa shape index (κ1) is 63.8. The van der Waals surface area contributed by atoms with Crippen LogP contribution in [0.3, 0.4) is 0 Å². The van der Waals surface area contributed by atoms with E-state index in [4.69, 9.17) is 14.2 Å². The van der Waals surface area contributed by atoms with Gasteiger partial charge in [-0.25, -0.2) is 0 Å². The molecule has 0 aliphatic rings. The number of carbonyl (C=O) groups excluding carboxylic acids is 3. The summed E-state index contributed by atoms with van der Waals surface area (Å²) in [5, 5.41) is 0. The van der Waals surface area contributed by atoms with Gasteiger partial charge in [0.1, 0.15) is 13.2 Å². The second-order valence-corrected chi connectivity index (χ2v) is 18.9. The van der Waals surface area contributed by atoms with E-state index in [0.29, 0.717) is 19.3 Å². The second-order valence-electron chi connectivity index (χ2n) is 18.9. The number of allylic oxidation sites excluding steroid dienone is 12. The maximum absolute atomic E-state index is 12.8. The van der Waals surface area contributed by atoms with E-state index in [2.05, 4.69) is 93.7 Å². The Hall–Kier alpha value is -3.15. The van der Waals surface area contributed by atoms with Crippen LogP contribution in [0.4, 0.5) is 0 Å². The maximum atomic E-state index is 12.8. The van der Waals surface area contributed by atoms with Gasteiger partial charge < -0.3 is 14.2 Å². The average Bonchev–Trinajstić information content (AvgIpc) is 3.33. The average molecular weight is 936 g/mol. The van der Waals surface area contributed by atoms with Crippen molar-refractivity contribution >= 4 is 17.9 Å². The van der Waals surface area contributed by atoms with Crippen molar-refractivity contribution in [2.45, 2.75) is 284 Å². The lowest BCUT2D eigenvalue weighted by atomic mass is 10.0. The number of rotatable bonds is 51. The lowest BCUT2D eigenvalue weighted by molar-refractivity contribution is -0.167. The van der Waals surface area contributed by atoms with E-state index in [9.17, 15) is 14.4 Å². The summed E-state index contributed by atoms with van der Waals surface area (Å²) in [6, 6.07) is 0. The Balaban J connectivity index is 4.37. The zero-order valence-electron chi connectivity index (χ0n) is 44.2. The Morgan fingerprint density at radius 2 is 0.657 bits per heavy atom. The number of carbonyl (C=O) groups is 3. The van der Waals surface area contributed by atoms with E-state index >= 15 is 0 Å². The van der Waals surface area contributed by atoms with Crippen molar-refractivity contribution in [1.29, 1.82) is 0 Å². The third kappa shape index (κ3) is 53.7. The van der Waals surface area contributed by atoms with Crippen molar-refractivity contribution in [3.05, 3.63) is 72.9 Å². The molecule has 0 amide bonds. The van der Waals surface area contributed by atoms with Crippen LogP contribution in [0.1, 0.15) is 278 Å². The van der Waals surface area contributed by atoms with Crippen molar-refractivity contribution < 1.29 is 28.6 Å². The summed E-state index contributed by atoms with van der Waals surface area (Å²) < 4.78 is 16.9. The molecule has 67 heavy (non-hydrogen) atoms. The molecule has 0 aliphatic carbocycles. The minimum atomic E-state index is -0.782. The number of hydrogen-bond acceptors (Lipinski definition) is 6. The summed E-state index contributed by atoms with van der Waals surface area (Å²) in [4.78, 5) is 38.2. The first-order chi connectivity index (χ1) is 33.0. The molecule has 0 fully saturated rings. The van der Waals surface area contributed by atoms with Crippen LogP contribution < -0.4 is 0 Å². The lowest BCUT2D eigenvalue weighted by Gasteiger charge is -2.18. The predicted molar refractivity (Wildman–Crippen MR) is 288 cm³/mol. The number of ether oxygens (including phenoxy) is 3. The normalized spacial score (nSPS) is 12.6. The molecule has 0 aromatic carbocycles. The first-order valence-electron chi connectivity index (χ1n) is 28.5. The van der Waals surface area contributed by atoms with Crippen LogP contribution in [-0.4, -0.2) is 37.2 Å². The third-order valence-electron chi connectivity index (χ3n) is 12.3. The van der Waals surface area contributed by atoms with Gasteiger partial charge in [-0.2, -0.15) is 0 Å².